The minimum absolute atomic E-state index is 0.0238. The maximum Gasteiger partial charge on any atom is 0.343 e. The average Bonchev–Trinajstić information content (AvgIpc) is 3.12. The monoisotopic (exact) mass is 513 g/mol. The second-order valence-electron chi connectivity index (χ2n) is 9.76. The van der Waals surface area contributed by atoms with Gasteiger partial charge in [0.2, 0.25) is 5.78 Å². The van der Waals surface area contributed by atoms with Gasteiger partial charge in [0.1, 0.15) is 12.2 Å². The zero-order valence-electron chi connectivity index (χ0n) is 22.4. The first-order chi connectivity index (χ1) is 17.5. The highest BCUT2D eigenvalue weighted by atomic mass is 16.6. The molecule has 2 aliphatic heterocycles. The maximum atomic E-state index is 13.8. The fourth-order valence-electron chi connectivity index (χ4n) is 4.95. The van der Waals surface area contributed by atoms with Crippen LogP contribution in [0.15, 0.2) is 45.8 Å². The normalized spacial score (nSPS) is 21.6. The van der Waals surface area contributed by atoms with Crippen molar-refractivity contribution in [2.45, 2.75) is 72.3 Å². The summed E-state index contributed by atoms with van der Waals surface area (Å²) in [5, 5.41) is 0. The van der Waals surface area contributed by atoms with Crippen LogP contribution >= 0.6 is 0 Å². The van der Waals surface area contributed by atoms with Crippen molar-refractivity contribution in [1.82, 2.24) is 4.90 Å². The number of allylic oxidation sites excluding steroid dienone is 3. The summed E-state index contributed by atoms with van der Waals surface area (Å²) in [6, 6.07) is 0. The van der Waals surface area contributed by atoms with Crippen LogP contribution in [0.3, 0.4) is 0 Å². The first-order valence-corrected chi connectivity index (χ1v) is 12.7. The lowest BCUT2D eigenvalue weighted by Gasteiger charge is -2.36. The molecule has 0 bridgehead atoms. The summed E-state index contributed by atoms with van der Waals surface area (Å²) in [6.45, 7) is 8.70. The van der Waals surface area contributed by atoms with Crippen molar-refractivity contribution in [1.29, 1.82) is 0 Å². The number of esters is 3. The van der Waals surface area contributed by atoms with E-state index in [2.05, 4.69) is 6.92 Å². The van der Waals surface area contributed by atoms with Crippen molar-refractivity contribution in [3.63, 3.8) is 0 Å². The summed E-state index contributed by atoms with van der Waals surface area (Å²) in [7, 11) is 1.20. The lowest BCUT2D eigenvalue weighted by molar-refractivity contribution is -0.153. The third-order valence-corrected chi connectivity index (χ3v) is 7.02. The molecule has 200 valence electrons. The standard InChI is InChI=1S/C28H35NO8/c1-7-8-9-10-11-16(2)24(31)22-23-21(26(33)35-6)19-14-17(3)29(12-13-36-18(4)30)15-20(19)25(32)28(23,5)37-27(22)34/h14-16H,7-13H2,1-6H3/t16-,28-/m1/s1. The zero-order chi connectivity index (χ0) is 27.5. The van der Waals surface area contributed by atoms with Gasteiger partial charge >= 0.3 is 17.9 Å². The van der Waals surface area contributed by atoms with Crippen LogP contribution in [0.1, 0.15) is 66.7 Å². The number of unbranched alkanes of at least 4 members (excludes halogenated alkanes) is 3. The van der Waals surface area contributed by atoms with Gasteiger partial charge in [-0.15, -0.1) is 0 Å². The Bertz CT molecular complexity index is 1150. The summed E-state index contributed by atoms with van der Waals surface area (Å²) >= 11 is 0. The molecule has 0 aromatic heterocycles. The molecule has 0 fully saturated rings. The molecular formula is C28H35NO8. The largest absolute Gasteiger partial charge is 0.465 e. The molecule has 0 amide bonds. The van der Waals surface area contributed by atoms with Gasteiger partial charge in [-0.3, -0.25) is 14.4 Å². The highest BCUT2D eigenvalue weighted by Gasteiger charge is 2.58. The first-order valence-electron chi connectivity index (χ1n) is 12.7. The number of ketones is 2. The fourth-order valence-corrected chi connectivity index (χ4v) is 4.95. The Kier molecular flexibility index (Phi) is 8.56. The highest BCUT2D eigenvalue weighted by molar-refractivity contribution is 6.28. The van der Waals surface area contributed by atoms with Gasteiger partial charge in [0.15, 0.2) is 11.4 Å². The molecule has 0 N–H and O–H groups in total. The molecule has 0 unspecified atom stereocenters. The Morgan fingerprint density at radius 3 is 2.46 bits per heavy atom. The number of hydrogen-bond acceptors (Lipinski definition) is 9. The SMILES string of the molecule is CCCCCC[C@@H](C)C(=O)C1=C2C(C(=O)OC)=C3C=C(C)N(CCOC(C)=O)C=C3C(=O)[C@]2(C)OC1=O. The van der Waals surface area contributed by atoms with Crippen LogP contribution in [-0.2, 0) is 38.2 Å². The van der Waals surface area contributed by atoms with E-state index in [1.165, 1.54) is 21.0 Å². The Balaban J connectivity index is 2.12. The number of carbonyl (C=O) groups is 5. The molecule has 9 heteroatoms. The second-order valence-corrected chi connectivity index (χ2v) is 9.76. The van der Waals surface area contributed by atoms with E-state index in [0.717, 1.165) is 25.7 Å². The smallest absolute Gasteiger partial charge is 0.343 e. The molecule has 9 nitrogen and oxygen atoms in total. The van der Waals surface area contributed by atoms with Crippen LogP contribution in [0.4, 0.5) is 0 Å². The number of Topliss-reactive ketones (excluding diaryl/α,β-unsaturated/α-hetero) is 2. The van der Waals surface area contributed by atoms with Crippen LogP contribution in [0.5, 0.6) is 0 Å². The molecule has 2 atom stereocenters. The third-order valence-electron chi connectivity index (χ3n) is 7.02. The predicted molar refractivity (Wildman–Crippen MR) is 134 cm³/mol. The van der Waals surface area contributed by atoms with Crippen molar-refractivity contribution < 1.29 is 38.2 Å². The predicted octanol–water partition coefficient (Wildman–Crippen LogP) is 3.49. The molecule has 2 heterocycles. The number of nitrogens with zero attached hydrogens (tertiary/aromatic N) is 1. The van der Waals surface area contributed by atoms with E-state index in [0.29, 0.717) is 12.1 Å². The molecule has 0 spiro atoms. The highest BCUT2D eigenvalue weighted by Crippen LogP contribution is 2.49. The molecule has 0 aromatic carbocycles. The van der Waals surface area contributed by atoms with Crippen LogP contribution in [0, 0.1) is 5.92 Å². The van der Waals surface area contributed by atoms with Crippen molar-refractivity contribution in [2.75, 3.05) is 20.3 Å². The number of carbonyl (C=O) groups excluding carboxylic acids is 5. The van der Waals surface area contributed by atoms with Gasteiger partial charge in [0.05, 0.1) is 19.2 Å². The molecule has 0 aromatic rings. The molecule has 1 aliphatic carbocycles. The van der Waals surface area contributed by atoms with E-state index in [-0.39, 0.29) is 41.0 Å². The quantitative estimate of drug-likeness (QED) is 0.177. The molecule has 37 heavy (non-hydrogen) atoms. The lowest BCUT2D eigenvalue weighted by atomic mass is 9.71. The van der Waals surface area contributed by atoms with Gasteiger partial charge < -0.3 is 19.1 Å². The molecular weight excluding hydrogens is 478 g/mol. The molecule has 3 rings (SSSR count). The third kappa shape index (κ3) is 5.31. The van der Waals surface area contributed by atoms with Crippen LogP contribution in [0.2, 0.25) is 0 Å². The molecule has 0 saturated carbocycles. The summed E-state index contributed by atoms with van der Waals surface area (Å²) < 4.78 is 15.6. The maximum absolute atomic E-state index is 13.8. The average molecular weight is 514 g/mol. The Morgan fingerprint density at radius 1 is 1.14 bits per heavy atom. The van der Waals surface area contributed by atoms with Crippen LogP contribution in [-0.4, -0.2) is 60.2 Å². The van der Waals surface area contributed by atoms with E-state index in [4.69, 9.17) is 14.2 Å². The fraction of sp³-hybridized carbons (Fsp3) is 0.536. The minimum atomic E-state index is -1.84. The van der Waals surface area contributed by atoms with E-state index in [1.807, 2.05) is 0 Å². The van der Waals surface area contributed by atoms with E-state index < -0.39 is 41.0 Å². The van der Waals surface area contributed by atoms with E-state index in [1.54, 1.807) is 31.0 Å². The Morgan fingerprint density at radius 2 is 1.84 bits per heavy atom. The number of fused-ring (bicyclic) bond motifs is 2. The van der Waals surface area contributed by atoms with Crippen LogP contribution in [0.25, 0.3) is 0 Å². The summed E-state index contributed by atoms with van der Waals surface area (Å²) in [4.78, 5) is 66.3. The Hall–Kier alpha value is -3.49. The number of rotatable bonds is 11. The zero-order valence-corrected chi connectivity index (χ0v) is 22.4. The molecule has 3 aliphatic rings. The van der Waals surface area contributed by atoms with Crippen molar-refractivity contribution >= 4 is 29.5 Å². The second kappa shape index (κ2) is 11.3. The van der Waals surface area contributed by atoms with Gasteiger partial charge in [0, 0.05) is 41.5 Å². The lowest BCUT2D eigenvalue weighted by Crippen LogP contribution is -2.45. The minimum Gasteiger partial charge on any atom is -0.465 e. The van der Waals surface area contributed by atoms with Gasteiger partial charge in [-0.05, 0) is 26.3 Å². The molecule has 0 saturated heterocycles. The van der Waals surface area contributed by atoms with Crippen molar-refractivity contribution in [3.05, 3.63) is 45.8 Å². The molecule has 0 radical (unpaired) electrons. The summed E-state index contributed by atoms with van der Waals surface area (Å²) in [5.74, 6) is -3.58. The van der Waals surface area contributed by atoms with E-state index >= 15 is 0 Å². The van der Waals surface area contributed by atoms with Crippen molar-refractivity contribution in [2.24, 2.45) is 5.92 Å². The number of ether oxygens (including phenoxy) is 3. The number of methoxy groups -OCH3 is 1. The number of hydrogen-bond donors (Lipinski definition) is 0. The van der Waals surface area contributed by atoms with Gasteiger partial charge in [-0.1, -0.05) is 39.5 Å². The van der Waals surface area contributed by atoms with E-state index in [9.17, 15) is 24.0 Å². The topological polar surface area (TPSA) is 116 Å². The Labute approximate surface area is 217 Å². The summed E-state index contributed by atoms with van der Waals surface area (Å²) in [6.07, 6.45) is 7.69. The van der Waals surface area contributed by atoms with Gasteiger partial charge in [0.25, 0.3) is 0 Å². The van der Waals surface area contributed by atoms with Crippen LogP contribution < -0.4 is 0 Å². The first kappa shape index (κ1) is 28.1. The van der Waals surface area contributed by atoms with Gasteiger partial charge in [-0.25, -0.2) is 9.59 Å². The summed E-state index contributed by atoms with van der Waals surface area (Å²) in [5.41, 5.74) is -1.06. The van der Waals surface area contributed by atoms with Gasteiger partial charge in [-0.2, -0.15) is 0 Å². The van der Waals surface area contributed by atoms with Crippen molar-refractivity contribution in [3.8, 4) is 0 Å².